The Labute approximate surface area is 108 Å². The van der Waals surface area contributed by atoms with Gasteiger partial charge in [-0.25, -0.2) is 0 Å². The molecule has 0 radical (unpaired) electrons. The molecule has 1 aliphatic carbocycles. The summed E-state index contributed by atoms with van der Waals surface area (Å²) >= 11 is 0. The summed E-state index contributed by atoms with van der Waals surface area (Å²) in [7, 11) is 0. The zero-order valence-corrected chi connectivity index (χ0v) is 10.8. The molecule has 1 fully saturated rings. The van der Waals surface area contributed by atoms with Crippen molar-refractivity contribution < 1.29 is 9.53 Å². The van der Waals surface area contributed by atoms with E-state index in [-0.39, 0.29) is 5.92 Å². The Morgan fingerprint density at radius 2 is 2.11 bits per heavy atom. The number of nitrogens with zero attached hydrogens (tertiary/aromatic N) is 1. The summed E-state index contributed by atoms with van der Waals surface area (Å²) in [6.45, 7) is 3.34. The molecule has 1 aliphatic heterocycles. The molecule has 1 aromatic carbocycles. The van der Waals surface area contributed by atoms with Gasteiger partial charge in [0.1, 0.15) is 12.4 Å². The van der Waals surface area contributed by atoms with E-state index < -0.39 is 0 Å². The summed E-state index contributed by atoms with van der Waals surface area (Å²) in [4.78, 5) is 14.5. The van der Waals surface area contributed by atoms with Crippen LogP contribution >= 0.6 is 0 Å². The highest BCUT2D eigenvalue weighted by Crippen LogP contribution is 2.35. The topological polar surface area (TPSA) is 29.5 Å². The molecule has 1 heterocycles. The third kappa shape index (κ3) is 1.98. The van der Waals surface area contributed by atoms with Gasteiger partial charge in [-0.15, -0.1) is 0 Å². The van der Waals surface area contributed by atoms with Gasteiger partial charge in [0.05, 0.1) is 12.2 Å². The monoisotopic (exact) mass is 245 g/mol. The lowest BCUT2D eigenvalue weighted by Crippen LogP contribution is -2.41. The van der Waals surface area contributed by atoms with E-state index in [1.807, 2.05) is 24.0 Å². The second-order valence-corrected chi connectivity index (χ2v) is 5.29. The molecular weight excluding hydrogens is 226 g/mol. The fraction of sp³-hybridized carbons (Fsp3) is 0.533. The van der Waals surface area contributed by atoms with Gasteiger partial charge in [0.25, 0.3) is 0 Å². The van der Waals surface area contributed by atoms with Crippen LogP contribution in [0.3, 0.4) is 0 Å². The lowest BCUT2D eigenvalue weighted by Gasteiger charge is -2.31. The first kappa shape index (κ1) is 11.6. The number of amides is 1. The van der Waals surface area contributed by atoms with Gasteiger partial charge in [0.15, 0.2) is 0 Å². The molecule has 0 unspecified atom stereocenters. The van der Waals surface area contributed by atoms with Gasteiger partial charge >= 0.3 is 0 Å². The third-order valence-corrected chi connectivity index (χ3v) is 3.95. The molecule has 18 heavy (non-hydrogen) atoms. The van der Waals surface area contributed by atoms with Crippen LogP contribution in [-0.4, -0.2) is 19.1 Å². The molecule has 3 heteroatoms. The number of anilines is 1. The molecule has 0 saturated heterocycles. The molecule has 0 N–H and O–H groups in total. The Kier molecular flexibility index (Phi) is 2.98. The highest BCUT2D eigenvalue weighted by atomic mass is 16.5. The molecule has 0 spiro atoms. The molecule has 3 rings (SSSR count). The number of carbonyl (C=O) groups excluding carboxylic acids is 1. The zero-order chi connectivity index (χ0) is 12.5. The van der Waals surface area contributed by atoms with Crippen molar-refractivity contribution in [1.29, 1.82) is 0 Å². The van der Waals surface area contributed by atoms with Crippen molar-refractivity contribution in [2.24, 2.45) is 5.92 Å². The van der Waals surface area contributed by atoms with Gasteiger partial charge in [-0.05, 0) is 37.5 Å². The number of fused-ring (bicyclic) bond motifs is 1. The summed E-state index contributed by atoms with van der Waals surface area (Å²) in [6, 6.07) is 6.06. The average Bonchev–Trinajstić information content (AvgIpc) is 2.91. The molecular formula is C15H19NO2. The number of rotatable bonds is 1. The normalized spacial score (nSPS) is 19.5. The molecule has 1 saturated carbocycles. The van der Waals surface area contributed by atoms with Crippen molar-refractivity contribution in [3.63, 3.8) is 0 Å². The molecule has 1 aromatic rings. The van der Waals surface area contributed by atoms with Crippen LogP contribution < -0.4 is 9.64 Å². The quantitative estimate of drug-likeness (QED) is 0.761. The first-order valence-corrected chi connectivity index (χ1v) is 6.80. The van der Waals surface area contributed by atoms with Crippen molar-refractivity contribution in [2.45, 2.75) is 32.6 Å². The van der Waals surface area contributed by atoms with Crippen molar-refractivity contribution >= 4 is 11.6 Å². The second kappa shape index (κ2) is 4.63. The predicted molar refractivity (Wildman–Crippen MR) is 71.0 cm³/mol. The van der Waals surface area contributed by atoms with Gasteiger partial charge in [-0.3, -0.25) is 4.79 Å². The van der Waals surface area contributed by atoms with Gasteiger partial charge in [-0.1, -0.05) is 18.9 Å². The second-order valence-electron chi connectivity index (χ2n) is 5.29. The van der Waals surface area contributed by atoms with Crippen molar-refractivity contribution in [2.75, 3.05) is 18.1 Å². The summed E-state index contributed by atoms with van der Waals surface area (Å²) in [5.41, 5.74) is 2.13. The Bertz CT molecular complexity index is 464. The Morgan fingerprint density at radius 3 is 2.89 bits per heavy atom. The number of benzene rings is 1. The molecule has 96 valence electrons. The van der Waals surface area contributed by atoms with E-state index in [1.54, 1.807) is 0 Å². The molecule has 0 atom stereocenters. The van der Waals surface area contributed by atoms with Crippen molar-refractivity contribution in [3.8, 4) is 5.75 Å². The number of hydrogen-bond acceptors (Lipinski definition) is 2. The summed E-state index contributed by atoms with van der Waals surface area (Å²) in [5.74, 6) is 1.37. The van der Waals surface area contributed by atoms with E-state index in [4.69, 9.17) is 4.74 Å². The highest BCUT2D eigenvalue weighted by molar-refractivity contribution is 5.97. The number of aryl methyl sites for hydroxylation is 1. The standard InChI is InChI=1S/C15H19NO2/c1-11-6-7-14-13(10-11)16(8-9-18-14)15(17)12-4-2-3-5-12/h6-7,10,12H,2-5,8-9H2,1H3. The minimum absolute atomic E-state index is 0.233. The molecule has 3 nitrogen and oxygen atoms in total. The predicted octanol–water partition coefficient (Wildman–Crippen LogP) is 2.91. The van der Waals surface area contributed by atoms with Gasteiger partial charge < -0.3 is 9.64 Å². The van der Waals surface area contributed by atoms with Crippen LogP contribution in [0.25, 0.3) is 0 Å². The Hall–Kier alpha value is -1.51. The zero-order valence-electron chi connectivity index (χ0n) is 10.8. The maximum Gasteiger partial charge on any atom is 0.230 e. The Morgan fingerprint density at radius 1 is 1.33 bits per heavy atom. The van der Waals surface area contributed by atoms with Crippen molar-refractivity contribution in [3.05, 3.63) is 23.8 Å². The molecule has 2 aliphatic rings. The van der Waals surface area contributed by atoms with E-state index in [2.05, 4.69) is 6.07 Å². The van der Waals surface area contributed by atoms with Crippen LogP contribution in [0.5, 0.6) is 5.75 Å². The minimum Gasteiger partial charge on any atom is -0.490 e. The molecule has 0 aromatic heterocycles. The van der Waals surface area contributed by atoms with Crippen LogP contribution in [0.1, 0.15) is 31.2 Å². The maximum atomic E-state index is 12.5. The van der Waals surface area contributed by atoms with Gasteiger partial charge in [0.2, 0.25) is 5.91 Å². The van der Waals surface area contributed by atoms with Crippen LogP contribution in [0.4, 0.5) is 5.69 Å². The lowest BCUT2D eigenvalue weighted by atomic mass is 10.0. The lowest BCUT2D eigenvalue weighted by molar-refractivity contribution is -0.122. The van der Waals surface area contributed by atoms with E-state index in [9.17, 15) is 4.79 Å². The summed E-state index contributed by atoms with van der Waals surface area (Å²) in [5, 5.41) is 0. The first-order chi connectivity index (χ1) is 8.75. The van der Waals surface area contributed by atoms with Gasteiger partial charge in [0, 0.05) is 5.92 Å². The highest BCUT2D eigenvalue weighted by Gasteiger charge is 2.31. The average molecular weight is 245 g/mol. The van der Waals surface area contributed by atoms with E-state index in [1.165, 1.54) is 18.4 Å². The number of ether oxygens (including phenoxy) is 1. The fourth-order valence-electron chi connectivity index (χ4n) is 2.95. The van der Waals surface area contributed by atoms with Crippen LogP contribution in [0.2, 0.25) is 0 Å². The number of hydrogen-bond donors (Lipinski definition) is 0. The smallest absolute Gasteiger partial charge is 0.230 e. The summed E-state index contributed by atoms with van der Waals surface area (Å²) < 4.78 is 5.63. The van der Waals surface area contributed by atoms with Crippen molar-refractivity contribution in [1.82, 2.24) is 0 Å². The van der Waals surface area contributed by atoms with E-state index >= 15 is 0 Å². The van der Waals surface area contributed by atoms with Gasteiger partial charge in [-0.2, -0.15) is 0 Å². The molecule has 0 bridgehead atoms. The SMILES string of the molecule is Cc1ccc2c(c1)N(C(=O)C1CCCC1)CCO2. The van der Waals surface area contributed by atoms with E-state index in [0.29, 0.717) is 19.1 Å². The number of carbonyl (C=O) groups is 1. The van der Waals surface area contributed by atoms with Crippen LogP contribution in [-0.2, 0) is 4.79 Å². The van der Waals surface area contributed by atoms with Crippen LogP contribution in [0, 0.1) is 12.8 Å². The first-order valence-electron chi connectivity index (χ1n) is 6.80. The van der Waals surface area contributed by atoms with Crippen LogP contribution in [0.15, 0.2) is 18.2 Å². The third-order valence-electron chi connectivity index (χ3n) is 3.95. The fourth-order valence-corrected chi connectivity index (χ4v) is 2.95. The summed E-state index contributed by atoms with van der Waals surface area (Å²) in [6.07, 6.45) is 4.50. The maximum absolute atomic E-state index is 12.5. The minimum atomic E-state index is 0.233. The van der Waals surface area contributed by atoms with E-state index in [0.717, 1.165) is 24.3 Å². The molecule has 1 amide bonds. The Balaban J connectivity index is 1.90. The largest absolute Gasteiger partial charge is 0.490 e.